The summed E-state index contributed by atoms with van der Waals surface area (Å²) in [6.45, 7) is 0.0588. The highest BCUT2D eigenvalue weighted by Gasteiger charge is 2.09. The van der Waals surface area contributed by atoms with Crippen LogP contribution in [-0.2, 0) is 11.3 Å². The summed E-state index contributed by atoms with van der Waals surface area (Å²) >= 11 is 0. The maximum atomic E-state index is 11.9. The third-order valence-corrected chi connectivity index (χ3v) is 2.56. The molecular weight excluding hydrogens is 254 g/mol. The number of aromatic nitrogens is 3. The Morgan fingerprint density at radius 2 is 2.16 bits per heavy atom. The number of rotatable bonds is 6. The van der Waals surface area contributed by atoms with Crippen molar-refractivity contribution in [2.24, 2.45) is 0 Å². The third-order valence-electron chi connectivity index (χ3n) is 2.56. The van der Waals surface area contributed by atoms with Gasteiger partial charge in [0.15, 0.2) is 0 Å². The summed E-state index contributed by atoms with van der Waals surface area (Å²) in [4.78, 5) is 8.04. The summed E-state index contributed by atoms with van der Waals surface area (Å²) in [5.41, 5.74) is 7.99. The first-order valence-electron chi connectivity index (χ1n) is 5.74. The second-order valence-electron chi connectivity index (χ2n) is 3.90. The van der Waals surface area contributed by atoms with E-state index in [-0.39, 0.29) is 6.61 Å². The first-order chi connectivity index (χ1) is 9.18. The second kappa shape index (κ2) is 6.24. The van der Waals surface area contributed by atoms with Gasteiger partial charge in [0.2, 0.25) is 0 Å². The molecule has 2 N–H and O–H groups in total. The first-order valence-corrected chi connectivity index (χ1v) is 5.74. The zero-order chi connectivity index (χ0) is 13.7. The quantitative estimate of drug-likeness (QED) is 0.811. The molecule has 7 heteroatoms. The lowest BCUT2D eigenvalue weighted by Crippen LogP contribution is -2.11. The van der Waals surface area contributed by atoms with Gasteiger partial charge in [0.05, 0.1) is 24.8 Å². The van der Waals surface area contributed by atoms with Gasteiger partial charge in [-0.1, -0.05) is 0 Å². The molecule has 5 nitrogen and oxygen atoms in total. The highest BCUT2D eigenvalue weighted by molar-refractivity contribution is 5.72. The van der Waals surface area contributed by atoms with Crippen LogP contribution < -0.4 is 5.73 Å². The van der Waals surface area contributed by atoms with E-state index in [2.05, 4.69) is 9.97 Å². The third kappa shape index (κ3) is 3.47. The van der Waals surface area contributed by atoms with Crippen LogP contribution in [-0.4, -0.2) is 34.2 Å². The van der Waals surface area contributed by atoms with Crippen molar-refractivity contribution in [3.05, 3.63) is 31.0 Å². The normalized spacial score (nSPS) is 11.1. The summed E-state index contributed by atoms with van der Waals surface area (Å²) in [7, 11) is 0. The molecular formula is C12H14F2N4O. The highest BCUT2D eigenvalue weighted by atomic mass is 19.3. The van der Waals surface area contributed by atoms with Crippen molar-refractivity contribution in [3.8, 4) is 11.3 Å². The van der Waals surface area contributed by atoms with Crippen molar-refractivity contribution in [2.45, 2.75) is 13.0 Å². The summed E-state index contributed by atoms with van der Waals surface area (Å²) in [6, 6.07) is 1.69. The molecule has 0 amide bonds. The van der Waals surface area contributed by atoms with E-state index in [1.54, 1.807) is 35.6 Å². The molecule has 2 heterocycles. The molecule has 102 valence electrons. The summed E-state index contributed by atoms with van der Waals surface area (Å²) < 4.78 is 30.5. The SMILES string of the molecule is Nc1ccncc1-c1cncn1CCOCC(F)F. The number of alkyl halides is 2. The molecule has 0 saturated heterocycles. The van der Waals surface area contributed by atoms with Gasteiger partial charge in [-0.15, -0.1) is 0 Å². The number of anilines is 1. The number of halogens is 2. The zero-order valence-electron chi connectivity index (χ0n) is 10.2. The lowest BCUT2D eigenvalue weighted by Gasteiger charge is -2.10. The van der Waals surface area contributed by atoms with E-state index in [0.29, 0.717) is 12.2 Å². The Hall–Kier alpha value is -2.02. The average Bonchev–Trinajstić information content (AvgIpc) is 2.83. The predicted octanol–water partition coefficient (Wildman–Crippen LogP) is 1.81. The van der Waals surface area contributed by atoms with Gasteiger partial charge in [-0.2, -0.15) is 0 Å². The monoisotopic (exact) mass is 268 g/mol. The maximum absolute atomic E-state index is 11.9. The van der Waals surface area contributed by atoms with E-state index in [0.717, 1.165) is 11.3 Å². The van der Waals surface area contributed by atoms with Crippen LogP contribution in [0.15, 0.2) is 31.0 Å². The molecule has 19 heavy (non-hydrogen) atoms. The number of nitrogens with zero attached hydrogens (tertiary/aromatic N) is 3. The first kappa shape index (κ1) is 13.4. The number of ether oxygens (including phenoxy) is 1. The zero-order valence-corrected chi connectivity index (χ0v) is 10.2. The number of pyridine rings is 1. The Bertz CT molecular complexity index is 530. The number of hydrogen-bond acceptors (Lipinski definition) is 4. The second-order valence-corrected chi connectivity index (χ2v) is 3.90. The molecule has 0 fully saturated rings. The summed E-state index contributed by atoms with van der Waals surface area (Å²) in [5, 5.41) is 0. The summed E-state index contributed by atoms with van der Waals surface area (Å²) in [6.07, 6.45) is 4.05. The molecule has 0 aliphatic heterocycles. The Kier molecular flexibility index (Phi) is 4.40. The van der Waals surface area contributed by atoms with Gasteiger partial charge >= 0.3 is 0 Å². The minimum atomic E-state index is -2.45. The lowest BCUT2D eigenvalue weighted by atomic mass is 10.2. The highest BCUT2D eigenvalue weighted by Crippen LogP contribution is 2.23. The van der Waals surface area contributed by atoms with Gasteiger partial charge in [0.1, 0.15) is 6.61 Å². The fraction of sp³-hybridized carbons (Fsp3) is 0.333. The van der Waals surface area contributed by atoms with Crippen molar-refractivity contribution in [1.29, 1.82) is 0 Å². The molecule has 0 aliphatic rings. The summed E-state index contributed by atoms with van der Waals surface area (Å²) in [5.74, 6) is 0. The minimum absolute atomic E-state index is 0.188. The van der Waals surface area contributed by atoms with Crippen molar-refractivity contribution in [2.75, 3.05) is 18.9 Å². The minimum Gasteiger partial charge on any atom is -0.398 e. The van der Waals surface area contributed by atoms with Crippen LogP contribution in [0.1, 0.15) is 0 Å². The van der Waals surface area contributed by atoms with Crippen LogP contribution in [0.4, 0.5) is 14.5 Å². The van der Waals surface area contributed by atoms with E-state index in [9.17, 15) is 8.78 Å². The van der Waals surface area contributed by atoms with E-state index in [1.165, 1.54) is 0 Å². The molecule has 0 aromatic carbocycles. The van der Waals surface area contributed by atoms with Crippen molar-refractivity contribution in [1.82, 2.24) is 14.5 Å². The molecule has 2 aromatic heterocycles. The largest absolute Gasteiger partial charge is 0.398 e. The van der Waals surface area contributed by atoms with Crippen LogP contribution in [0.2, 0.25) is 0 Å². The predicted molar refractivity (Wildman–Crippen MR) is 66.7 cm³/mol. The molecule has 2 aromatic rings. The smallest absolute Gasteiger partial charge is 0.261 e. The van der Waals surface area contributed by atoms with Crippen LogP contribution >= 0.6 is 0 Å². The fourth-order valence-corrected chi connectivity index (χ4v) is 1.68. The van der Waals surface area contributed by atoms with Crippen molar-refractivity contribution in [3.63, 3.8) is 0 Å². The van der Waals surface area contributed by atoms with Gasteiger partial charge < -0.3 is 15.0 Å². The van der Waals surface area contributed by atoms with E-state index < -0.39 is 13.0 Å². The van der Waals surface area contributed by atoms with E-state index >= 15 is 0 Å². The van der Waals surface area contributed by atoms with Crippen LogP contribution in [0.3, 0.4) is 0 Å². The number of hydrogen-bond donors (Lipinski definition) is 1. The van der Waals surface area contributed by atoms with Crippen LogP contribution in [0.25, 0.3) is 11.3 Å². The molecule has 0 radical (unpaired) electrons. The van der Waals surface area contributed by atoms with Crippen molar-refractivity contribution >= 4 is 5.69 Å². The van der Waals surface area contributed by atoms with Crippen LogP contribution in [0.5, 0.6) is 0 Å². The average molecular weight is 268 g/mol. The molecule has 0 spiro atoms. The van der Waals surface area contributed by atoms with Gasteiger partial charge in [-0.25, -0.2) is 13.8 Å². The van der Waals surface area contributed by atoms with Gasteiger partial charge in [-0.3, -0.25) is 4.98 Å². The van der Waals surface area contributed by atoms with E-state index in [1.807, 2.05) is 0 Å². The molecule has 0 saturated carbocycles. The number of imidazole rings is 1. The van der Waals surface area contributed by atoms with Crippen molar-refractivity contribution < 1.29 is 13.5 Å². The molecule has 0 unspecified atom stereocenters. The maximum Gasteiger partial charge on any atom is 0.261 e. The Morgan fingerprint density at radius 3 is 2.89 bits per heavy atom. The topological polar surface area (TPSA) is 66.0 Å². The molecule has 2 rings (SSSR count). The Labute approximate surface area is 109 Å². The Balaban J connectivity index is 2.04. The van der Waals surface area contributed by atoms with Crippen LogP contribution in [0, 0.1) is 0 Å². The fourth-order valence-electron chi connectivity index (χ4n) is 1.68. The lowest BCUT2D eigenvalue weighted by molar-refractivity contribution is 0.0148. The molecule has 0 aliphatic carbocycles. The standard InChI is InChI=1S/C12H14F2N4O/c13-12(14)7-19-4-3-18-8-17-6-11(18)9-5-16-2-1-10(9)15/h1-2,5-6,8,12H,3-4,7H2,(H2,15,16). The molecule has 0 bridgehead atoms. The molecule has 0 atom stereocenters. The number of nitrogens with two attached hydrogens (primary N) is 1. The van der Waals surface area contributed by atoms with E-state index in [4.69, 9.17) is 10.5 Å². The van der Waals surface area contributed by atoms with Gasteiger partial charge in [0.25, 0.3) is 6.43 Å². The van der Waals surface area contributed by atoms with Gasteiger partial charge in [-0.05, 0) is 6.07 Å². The van der Waals surface area contributed by atoms with Gasteiger partial charge in [0, 0.05) is 30.2 Å². The Morgan fingerprint density at radius 1 is 1.32 bits per heavy atom. The number of nitrogen functional groups attached to an aromatic ring is 1.